The van der Waals surface area contributed by atoms with Gasteiger partial charge in [-0.05, 0) is 38.3 Å². The third kappa shape index (κ3) is 3.44. The van der Waals surface area contributed by atoms with Crippen LogP contribution >= 0.6 is 0 Å². The van der Waals surface area contributed by atoms with Crippen LogP contribution in [-0.2, 0) is 13.0 Å². The Labute approximate surface area is 109 Å². The summed E-state index contributed by atoms with van der Waals surface area (Å²) in [6.45, 7) is 7.09. The van der Waals surface area contributed by atoms with Gasteiger partial charge in [-0.1, -0.05) is 29.3 Å². The van der Waals surface area contributed by atoms with Gasteiger partial charge in [0, 0.05) is 12.2 Å². The molecule has 0 bridgehead atoms. The van der Waals surface area contributed by atoms with Crippen molar-refractivity contribution in [2.45, 2.75) is 39.8 Å². The summed E-state index contributed by atoms with van der Waals surface area (Å²) in [5.74, 6) is 0. The van der Waals surface area contributed by atoms with Gasteiger partial charge in [0.2, 0.25) is 0 Å². The highest BCUT2D eigenvalue weighted by molar-refractivity contribution is 5.28. The molecule has 2 N–H and O–H groups in total. The van der Waals surface area contributed by atoms with E-state index < -0.39 is 0 Å². The Kier molecular flexibility index (Phi) is 3.82. The lowest BCUT2D eigenvalue weighted by Crippen LogP contribution is -2.17. The fourth-order valence-electron chi connectivity index (χ4n) is 2.32. The normalized spacial score (nSPS) is 12.7. The molecule has 3 nitrogen and oxygen atoms in total. The molecule has 0 aliphatic heterocycles. The van der Waals surface area contributed by atoms with E-state index in [1.807, 2.05) is 17.8 Å². The van der Waals surface area contributed by atoms with Gasteiger partial charge < -0.3 is 5.73 Å². The van der Waals surface area contributed by atoms with Crippen molar-refractivity contribution in [3.63, 3.8) is 0 Å². The second-order valence-electron chi connectivity index (χ2n) is 5.22. The van der Waals surface area contributed by atoms with Crippen molar-refractivity contribution in [1.29, 1.82) is 0 Å². The van der Waals surface area contributed by atoms with Crippen molar-refractivity contribution >= 4 is 0 Å². The van der Waals surface area contributed by atoms with Crippen LogP contribution in [0.2, 0.25) is 0 Å². The molecule has 1 aromatic carbocycles. The molecular weight excluding hydrogens is 222 g/mol. The third-order valence-corrected chi connectivity index (χ3v) is 2.87. The van der Waals surface area contributed by atoms with E-state index in [1.54, 1.807) is 0 Å². The summed E-state index contributed by atoms with van der Waals surface area (Å²) in [6, 6.07) is 6.79. The number of nitrogens with two attached hydrogens (primary N) is 1. The van der Waals surface area contributed by atoms with Crippen LogP contribution in [-0.4, -0.2) is 15.8 Å². The standard InChI is InChI=1S/C15H21N3/c1-11-4-12(2)6-14(5-11)9-18-10-15(8-17-18)7-13(3)16/h4-6,8,10,13H,7,9,16H2,1-3H3. The van der Waals surface area contributed by atoms with Crippen molar-refractivity contribution in [3.8, 4) is 0 Å². The molecule has 0 saturated heterocycles. The summed E-state index contributed by atoms with van der Waals surface area (Å²) < 4.78 is 1.98. The van der Waals surface area contributed by atoms with E-state index in [1.165, 1.54) is 22.3 Å². The maximum atomic E-state index is 5.79. The molecule has 2 aromatic rings. The smallest absolute Gasteiger partial charge is 0.0659 e. The SMILES string of the molecule is Cc1cc(C)cc(Cn2cc(CC(C)N)cn2)c1. The minimum absolute atomic E-state index is 0.184. The van der Waals surface area contributed by atoms with Crippen LogP contribution in [0.4, 0.5) is 0 Å². The molecule has 96 valence electrons. The fraction of sp³-hybridized carbons (Fsp3) is 0.400. The van der Waals surface area contributed by atoms with Gasteiger partial charge in [-0.15, -0.1) is 0 Å². The number of aromatic nitrogens is 2. The van der Waals surface area contributed by atoms with E-state index >= 15 is 0 Å². The molecular formula is C15H21N3. The Hall–Kier alpha value is -1.61. The first-order valence-corrected chi connectivity index (χ1v) is 6.37. The summed E-state index contributed by atoms with van der Waals surface area (Å²) in [5, 5.41) is 4.38. The summed E-state index contributed by atoms with van der Waals surface area (Å²) >= 11 is 0. The summed E-state index contributed by atoms with van der Waals surface area (Å²) in [4.78, 5) is 0. The van der Waals surface area contributed by atoms with E-state index in [4.69, 9.17) is 5.73 Å². The quantitative estimate of drug-likeness (QED) is 0.896. The molecule has 0 aliphatic rings. The highest BCUT2D eigenvalue weighted by Gasteiger charge is 2.03. The molecule has 0 radical (unpaired) electrons. The van der Waals surface area contributed by atoms with Gasteiger partial charge in [-0.3, -0.25) is 4.68 Å². The average Bonchev–Trinajstić information content (AvgIpc) is 2.62. The Bertz CT molecular complexity index is 506. The largest absolute Gasteiger partial charge is 0.328 e. The monoisotopic (exact) mass is 243 g/mol. The van der Waals surface area contributed by atoms with E-state index in [0.717, 1.165) is 13.0 Å². The van der Waals surface area contributed by atoms with Crippen molar-refractivity contribution < 1.29 is 0 Å². The van der Waals surface area contributed by atoms with Gasteiger partial charge >= 0.3 is 0 Å². The number of benzene rings is 1. The summed E-state index contributed by atoms with van der Waals surface area (Å²) in [7, 11) is 0. The van der Waals surface area contributed by atoms with Gasteiger partial charge in [-0.2, -0.15) is 5.10 Å². The minimum atomic E-state index is 0.184. The Morgan fingerprint density at radius 1 is 1.17 bits per heavy atom. The van der Waals surface area contributed by atoms with Crippen LogP contribution in [0.15, 0.2) is 30.6 Å². The average molecular weight is 243 g/mol. The Balaban J connectivity index is 2.11. The van der Waals surface area contributed by atoms with Crippen molar-refractivity contribution in [3.05, 3.63) is 52.8 Å². The number of hydrogen-bond acceptors (Lipinski definition) is 2. The van der Waals surface area contributed by atoms with Crippen molar-refractivity contribution in [1.82, 2.24) is 9.78 Å². The van der Waals surface area contributed by atoms with E-state index in [-0.39, 0.29) is 6.04 Å². The molecule has 0 fully saturated rings. The number of nitrogens with zero attached hydrogens (tertiary/aromatic N) is 2. The van der Waals surface area contributed by atoms with Crippen molar-refractivity contribution in [2.75, 3.05) is 0 Å². The first kappa shape index (κ1) is 12.8. The maximum absolute atomic E-state index is 5.79. The van der Waals surface area contributed by atoms with E-state index in [2.05, 4.69) is 43.3 Å². The molecule has 0 amide bonds. The van der Waals surface area contributed by atoms with Crippen LogP contribution in [0.25, 0.3) is 0 Å². The van der Waals surface area contributed by atoms with Crippen LogP contribution in [0, 0.1) is 13.8 Å². The lowest BCUT2D eigenvalue weighted by molar-refractivity contribution is 0.683. The lowest BCUT2D eigenvalue weighted by Gasteiger charge is -2.05. The Morgan fingerprint density at radius 2 is 1.83 bits per heavy atom. The number of rotatable bonds is 4. The first-order valence-electron chi connectivity index (χ1n) is 6.37. The van der Waals surface area contributed by atoms with E-state index in [0.29, 0.717) is 0 Å². The maximum Gasteiger partial charge on any atom is 0.0659 e. The highest BCUT2D eigenvalue weighted by atomic mass is 15.3. The molecule has 18 heavy (non-hydrogen) atoms. The van der Waals surface area contributed by atoms with Crippen LogP contribution in [0.5, 0.6) is 0 Å². The zero-order valence-corrected chi connectivity index (χ0v) is 11.4. The fourth-order valence-corrected chi connectivity index (χ4v) is 2.32. The van der Waals surface area contributed by atoms with Crippen LogP contribution in [0.3, 0.4) is 0 Å². The van der Waals surface area contributed by atoms with Gasteiger partial charge in [0.15, 0.2) is 0 Å². The molecule has 0 saturated carbocycles. The topological polar surface area (TPSA) is 43.8 Å². The zero-order valence-electron chi connectivity index (χ0n) is 11.4. The molecule has 0 aliphatic carbocycles. The number of aryl methyl sites for hydroxylation is 2. The first-order chi connectivity index (χ1) is 8.52. The minimum Gasteiger partial charge on any atom is -0.328 e. The lowest BCUT2D eigenvalue weighted by atomic mass is 10.1. The van der Waals surface area contributed by atoms with Gasteiger partial charge in [-0.25, -0.2) is 0 Å². The summed E-state index contributed by atoms with van der Waals surface area (Å²) in [5.41, 5.74) is 10.9. The van der Waals surface area contributed by atoms with Crippen LogP contribution < -0.4 is 5.73 Å². The van der Waals surface area contributed by atoms with Gasteiger partial charge in [0.05, 0.1) is 12.7 Å². The highest BCUT2D eigenvalue weighted by Crippen LogP contribution is 2.11. The van der Waals surface area contributed by atoms with Crippen molar-refractivity contribution in [2.24, 2.45) is 5.73 Å². The predicted octanol–water partition coefficient (Wildman–Crippen LogP) is 2.44. The molecule has 2 rings (SSSR count). The molecule has 3 heteroatoms. The summed E-state index contributed by atoms with van der Waals surface area (Å²) in [6.07, 6.45) is 4.87. The second-order valence-corrected chi connectivity index (χ2v) is 5.22. The molecule has 1 heterocycles. The molecule has 1 atom stereocenters. The van der Waals surface area contributed by atoms with Gasteiger partial charge in [0.25, 0.3) is 0 Å². The molecule has 1 aromatic heterocycles. The second kappa shape index (κ2) is 5.36. The van der Waals surface area contributed by atoms with Crippen LogP contribution in [0.1, 0.15) is 29.2 Å². The van der Waals surface area contributed by atoms with E-state index in [9.17, 15) is 0 Å². The molecule has 0 spiro atoms. The zero-order chi connectivity index (χ0) is 13.1. The van der Waals surface area contributed by atoms with Gasteiger partial charge in [0.1, 0.15) is 0 Å². The molecule has 1 unspecified atom stereocenters. The third-order valence-electron chi connectivity index (χ3n) is 2.87. The predicted molar refractivity (Wildman–Crippen MR) is 74.6 cm³/mol. The number of hydrogen-bond donors (Lipinski definition) is 1. The Morgan fingerprint density at radius 3 is 2.44 bits per heavy atom.